The molecule has 0 spiro atoms. The van der Waals surface area contributed by atoms with Crippen molar-refractivity contribution in [1.82, 2.24) is 24.3 Å². The fourth-order valence-corrected chi connectivity index (χ4v) is 4.83. The van der Waals surface area contributed by atoms with Gasteiger partial charge in [-0.05, 0) is 50.9 Å². The van der Waals surface area contributed by atoms with Crippen LogP contribution in [0.25, 0.3) is 0 Å². The quantitative estimate of drug-likeness (QED) is 0.545. The minimum atomic E-state index is 0.116. The summed E-state index contributed by atoms with van der Waals surface area (Å²) in [5.74, 6) is 1.02. The molecule has 4 rings (SSSR count). The number of rotatable bonds is 6. The highest BCUT2D eigenvalue weighted by molar-refractivity contribution is 6.00. The first-order valence-electron chi connectivity index (χ1n) is 11.4. The van der Waals surface area contributed by atoms with E-state index in [0.29, 0.717) is 17.8 Å². The van der Waals surface area contributed by atoms with Crippen LogP contribution in [0.15, 0.2) is 35.9 Å². The molecule has 2 aromatic rings. The Bertz CT molecular complexity index is 924. The second-order valence-electron chi connectivity index (χ2n) is 8.76. The zero-order valence-electron chi connectivity index (χ0n) is 19.0. The molecule has 0 saturated carbocycles. The van der Waals surface area contributed by atoms with E-state index in [4.69, 9.17) is 10.6 Å². The van der Waals surface area contributed by atoms with Gasteiger partial charge in [0.2, 0.25) is 11.9 Å². The number of nitrogens with zero attached hydrogens (tertiary/aromatic N) is 6. The van der Waals surface area contributed by atoms with Crippen LogP contribution in [0.1, 0.15) is 36.9 Å². The maximum Gasteiger partial charge on any atom is 0.225 e. The lowest BCUT2D eigenvalue weighted by atomic mass is 9.88. The normalized spacial score (nSPS) is 19.3. The van der Waals surface area contributed by atoms with Gasteiger partial charge in [0.1, 0.15) is 12.8 Å². The van der Waals surface area contributed by atoms with Crippen LogP contribution in [0.4, 0.5) is 5.95 Å². The number of amides is 1. The molecule has 0 bridgehead atoms. The first-order valence-corrected chi connectivity index (χ1v) is 11.4. The van der Waals surface area contributed by atoms with Crippen LogP contribution in [-0.2, 0) is 23.2 Å². The topological polar surface area (TPSA) is 102 Å². The fourth-order valence-electron chi connectivity index (χ4n) is 4.83. The molecule has 0 aliphatic carbocycles. The van der Waals surface area contributed by atoms with E-state index in [-0.39, 0.29) is 5.92 Å². The Kier molecular flexibility index (Phi) is 7.04. The highest BCUT2D eigenvalue weighted by atomic mass is 16.6. The molecule has 2 aliphatic rings. The number of aromatic nitrogens is 3. The maximum atomic E-state index is 13.2. The molecule has 0 radical (unpaired) electrons. The highest BCUT2D eigenvalue weighted by Crippen LogP contribution is 2.27. The Morgan fingerprint density at radius 3 is 2.38 bits per heavy atom. The molecule has 4 heterocycles. The monoisotopic (exact) mass is 439 g/mol. The number of nitrogens with two attached hydrogens (primary N) is 1. The number of nitrogen functional groups attached to an aromatic ring is 1. The van der Waals surface area contributed by atoms with Crippen LogP contribution in [0.5, 0.6) is 0 Å². The molecule has 2 N–H and O–H groups in total. The Labute approximate surface area is 189 Å². The van der Waals surface area contributed by atoms with Crippen molar-refractivity contribution in [2.75, 3.05) is 39.0 Å². The molecule has 2 saturated heterocycles. The molecule has 32 heavy (non-hydrogen) atoms. The number of carbonyl (C=O) groups is 1. The van der Waals surface area contributed by atoms with E-state index in [1.54, 1.807) is 19.5 Å². The van der Waals surface area contributed by atoms with Gasteiger partial charge in [0.25, 0.3) is 0 Å². The third-order valence-electron chi connectivity index (χ3n) is 6.66. The lowest BCUT2D eigenvalue weighted by molar-refractivity contribution is -0.138. The highest BCUT2D eigenvalue weighted by Gasteiger charge is 2.33. The number of anilines is 1. The number of carbonyl (C=O) groups excluding carboxylic acids is 1. The smallest absolute Gasteiger partial charge is 0.225 e. The summed E-state index contributed by atoms with van der Waals surface area (Å²) in [4.78, 5) is 30.8. The summed E-state index contributed by atoms with van der Waals surface area (Å²) in [7, 11) is 3.61. The van der Waals surface area contributed by atoms with Gasteiger partial charge in [-0.25, -0.2) is 9.97 Å². The Hall–Kier alpha value is -2.94. The molecule has 9 heteroatoms. The van der Waals surface area contributed by atoms with E-state index < -0.39 is 0 Å². The second kappa shape index (κ2) is 10.1. The third-order valence-corrected chi connectivity index (χ3v) is 6.66. The van der Waals surface area contributed by atoms with Crippen LogP contribution < -0.4 is 5.73 Å². The van der Waals surface area contributed by atoms with Crippen molar-refractivity contribution in [2.24, 2.45) is 24.0 Å². The summed E-state index contributed by atoms with van der Waals surface area (Å²) in [5, 5.41) is 4.33. The van der Waals surface area contributed by atoms with Crippen LogP contribution in [0, 0.1) is 11.8 Å². The van der Waals surface area contributed by atoms with Crippen LogP contribution in [0.2, 0.25) is 0 Å². The minimum Gasteiger partial charge on any atom is -0.399 e. The minimum absolute atomic E-state index is 0.116. The van der Waals surface area contributed by atoms with Crippen molar-refractivity contribution < 1.29 is 9.63 Å². The predicted octanol–water partition coefficient (Wildman–Crippen LogP) is 1.90. The molecule has 0 aromatic carbocycles. The van der Waals surface area contributed by atoms with Gasteiger partial charge in [0.05, 0.1) is 5.69 Å². The average Bonchev–Trinajstić information content (AvgIpc) is 3.24. The molecule has 2 aliphatic heterocycles. The number of piperidine rings is 2. The summed E-state index contributed by atoms with van der Waals surface area (Å²) in [6.07, 6.45) is 9.19. The lowest BCUT2D eigenvalue weighted by Gasteiger charge is -2.37. The fraction of sp³-hybridized carbons (Fsp3) is 0.565. The summed E-state index contributed by atoms with van der Waals surface area (Å²) < 4.78 is 2.07. The first kappa shape index (κ1) is 22.3. The number of aryl methyl sites for hydroxylation is 1. The number of oxime groups is 1. The molecule has 2 fully saturated rings. The van der Waals surface area contributed by atoms with Crippen LogP contribution >= 0.6 is 0 Å². The number of hydrogen-bond acceptors (Lipinski definition) is 7. The molecule has 0 atom stereocenters. The lowest BCUT2D eigenvalue weighted by Crippen LogP contribution is -2.46. The van der Waals surface area contributed by atoms with Crippen LogP contribution in [-0.4, -0.2) is 69.2 Å². The number of hydrogen-bond donors (Lipinski definition) is 1. The zero-order valence-corrected chi connectivity index (χ0v) is 19.0. The van der Waals surface area contributed by atoms with Gasteiger partial charge in [-0.15, -0.1) is 0 Å². The molecule has 172 valence electrons. The van der Waals surface area contributed by atoms with Gasteiger partial charge >= 0.3 is 0 Å². The Morgan fingerprint density at radius 2 is 1.78 bits per heavy atom. The summed E-state index contributed by atoms with van der Waals surface area (Å²) in [5.41, 5.74) is 8.67. The van der Waals surface area contributed by atoms with E-state index in [0.717, 1.165) is 75.4 Å². The molecule has 2 aromatic heterocycles. The second-order valence-corrected chi connectivity index (χ2v) is 8.76. The van der Waals surface area contributed by atoms with Crippen molar-refractivity contribution in [1.29, 1.82) is 0 Å². The van der Waals surface area contributed by atoms with Crippen LogP contribution in [0.3, 0.4) is 0 Å². The Balaban J connectivity index is 1.27. The maximum absolute atomic E-state index is 13.2. The standard InChI is InChI=1S/C23H33N7O2/c1-28-9-3-4-20(28)21(27-32-2)18-7-12-30(13-8-18)22(31)19-5-10-29(11-6-19)16-17-14-25-23(24)26-15-17/h3-4,9,14-15,18-19H,5-8,10-13,16H2,1-2H3,(H2,24,25,26). The van der Waals surface area contributed by atoms with Gasteiger partial charge in [-0.1, -0.05) is 5.16 Å². The van der Waals surface area contributed by atoms with Crippen molar-refractivity contribution >= 4 is 17.6 Å². The summed E-state index contributed by atoms with van der Waals surface area (Å²) in [6.45, 7) is 4.18. The average molecular weight is 440 g/mol. The van der Waals surface area contributed by atoms with Crippen molar-refractivity contribution in [3.8, 4) is 0 Å². The van der Waals surface area contributed by atoms with Gasteiger partial charge in [-0.3, -0.25) is 9.69 Å². The van der Waals surface area contributed by atoms with Gasteiger partial charge in [0.15, 0.2) is 0 Å². The molecule has 1 amide bonds. The van der Waals surface area contributed by atoms with Gasteiger partial charge < -0.3 is 20.0 Å². The molecular weight excluding hydrogens is 406 g/mol. The summed E-state index contributed by atoms with van der Waals surface area (Å²) in [6, 6.07) is 4.09. The Morgan fingerprint density at radius 1 is 1.12 bits per heavy atom. The van der Waals surface area contributed by atoms with E-state index in [1.165, 1.54) is 0 Å². The van der Waals surface area contributed by atoms with Crippen molar-refractivity contribution in [3.63, 3.8) is 0 Å². The number of likely N-dealkylation sites (tertiary alicyclic amines) is 2. The predicted molar refractivity (Wildman–Crippen MR) is 123 cm³/mol. The zero-order chi connectivity index (χ0) is 22.5. The largest absolute Gasteiger partial charge is 0.399 e. The van der Waals surface area contributed by atoms with Gasteiger partial charge in [-0.2, -0.15) is 0 Å². The third kappa shape index (κ3) is 5.09. The van der Waals surface area contributed by atoms with E-state index in [1.807, 2.05) is 19.3 Å². The van der Waals surface area contributed by atoms with E-state index in [2.05, 4.69) is 35.6 Å². The summed E-state index contributed by atoms with van der Waals surface area (Å²) >= 11 is 0. The molecular formula is C23H33N7O2. The molecule has 9 nitrogen and oxygen atoms in total. The van der Waals surface area contributed by atoms with Gasteiger partial charge in [0, 0.05) is 62.7 Å². The van der Waals surface area contributed by atoms with E-state index in [9.17, 15) is 4.79 Å². The SMILES string of the molecule is CON=C(c1cccn1C)C1CCN(C(=O)C2CCN(Cc3cnc(N)nc3)CC2)CC1. The van der Waals surface area contributed by atoms with Crippen molar-refractivity contribution in [3.05, 3.63) is 42.0 Å². The van der Waals surface area contributed by atoms with Crippen molar-refractivity contribution in [2.45, 2.75) is 32.2 Å². The first-order chi connectivity index (χ1) is 15.5. The van der Waals surface area contributed by atoms with E-state index >= 15 is 0 Å². The molecule has 0 unspecified atom stereocenters.